The molecule has 50 heavy (non-hydrogen) atoms. The van der Waals surface area contributed by atoms with E-state index < -0.39 is 29.7 Å². The zero-order valence-corrected chi connectivity index (χ0v) is 28.8. The fourth-order valence-electron chi connectivity index (χ4n) is 6.60. The van der Waals surface area contributed by atoms with Gasteiger partial charge in [-0.15, -0.1) is 5.10 Å². The maximum absolute atomic E-state index is 14.0. The Morgan fingerprint density at radius 3 is 2.56 bits per heavy atom. The van der Waals surface area contributed by atoms with Crippen LogP contribution in [0.3, 0.4) is 0 Å². The maximum atomic E-state index is 14.0. The number of amides is 3. The van der Waals surface area contributed by atoms with Crippen molar-refractivity contribution in [1.29, 1.82) is 0 Å². The van der Waals surface area contributed by atoms with E-state index in [9.17, 15) is 19.5 Å². The smallest absolute Gasteiger partial charge is 0.409 e. The van der Waals surface area contributed by atoms with Crippen LogP contribution in [0.2, 0.25) is 0 Å². The molecule has 1 saturated heterocycles. The van der Waals surface area contributed by atoms with E-state index in [0.29, 0.717) is 35.4 Å². The van der Waals surface area contributed by atoms with Crippen LogP contribution in [0.4, 0.5) is 26.7 Å². The summed E-state index contributed by atoms with van der Waals surface area (Å²) in [5, 5.41) is 26.8. The third-order valence-electron chi connectivity index (χ3n) is 8.81. The van der Waals surface area contributed by atoms with Gasteiger partial charge in [-0.25, -0.2) is 19.3 Å². The molecule has 2 aliphatic heterocycles. The monoisotopic (exact) mass is 682 g/mol. The SMILES string of the molecule is C[C@H]1CN(c2ccncc2NC(=O)c2nc3cc(C4=CCN(C)CC4)ccc3cc2NC(=O)O)C[C@@H](NC(=O)OC(C)(C)C)[C@H]1n1ccnn1. The second-order valence-corrected chi connectivity index (χ2v) is 13.8. The number of hydrogen-bond donors (Lipinski definition) is 4. The van der Waals surface area contributed by atoms with Crippen LogP contribution in [-0.4, -0.2) is 97.9 Å². The summed E-state index contributed by atoms with van der Waals surface area (Å²) in [5.41, 5.74) is 3.13. The molecule has 0 bridgehead atoms. The first-order valence-corrected chi connectivity index (χ1v) is 16.5. The van der Waals surface area contributed by atoms with Crippen molar-refractivity contribution in [2.24, 2.45) is 5.92 Å². The first-order valence-electron chi connectivity index (χ1n) is 16.5. The Labute approximate surface area is 289 Å². The molecule has 3 amide bonds. The molecule has 0 spiro atoms. The van der Waals surface area contributed by atoms with E-state index in [1.54, 1.807) is 56.2 Å². The minimum atomic E-state index is -1.32. The van der Waals surface area contributed by atoms with E-state index in [-0.39, 0.29) is 23.3 Å². The van der Waals surface area contributed by atoms with Crippen molar-refractivity contribution in [3.8, 4) is 0 Å². The normalized spacial score (nSPS) is 19.8. The maximum Gasteiger partial charge on any atom is 0.409 e. The summed E-state index contributed by atoms with van der Waals surface area (Å²) in [4.78, 5) is 51.9. The average molecular weight is 683 g/mol. The lowest BCUT2D eigenvalue weighted by Gasteiger charge is -2.44. The highest BCUT2D eigenvalue weighted by Gasteiger charge is 2.39. The van der Waals surface area contributed by atoms with Crippen LogP contribution in [0, 0.1) is 5.92 Å². The fourth-order valence-corrected chi connectivity index (χ4v) is 6.60. The van der Waals surface area contributed by atoms with Crippen molar-refractivity contribution in [2.45, 2.75) is 51.8 Å². The Bertz CT molecular complexity index is 1920. The Hall–Kier alpha value is -5.57. The number of nitrogens with zero attached hydrogens (tertiary/aromatic N) is 7. The van der Waals surface area contributed by atoms with Gasteiger partial charge in [-0.3, -0.25) is 15.1 Å². The van der Waals surface area contributed by atoms with E-state index in [2.05, 4.69) is 66.1 Å². The van der Waals surface area contributed by atoms with Crippen molar-refractivity contribution < 1.29 is 24.2 Å². The van der Waals surface area contributed by atoms with Gasteiger partial charge in [-0.05, 0) is 69.5 Å². The molecular weight excluding hydrogens is 640 g/mol. The van der Waals surface area contributed by atoms with Gasteiger partial charge in [0.1, 0.15) is 5.60 Å². The quantitative estimate of drug-likeness (QED) is 0.209. The van der Waals surface area contributed by atoms with Gasteiger partial charge in [0.25, 0.3) is 5.91 Å². The summed E-state index contributed by atoms with van der Waals surface area (Å²) in [6.45, 7) is 10.2. The summed E-state index contributed by atoms with van der Waals surface area (Å²) in [6.07, 6.45) is 7.73. The molecular formula is C35H42N10O5. The number of hydrogen-bond acceptors (Lipinski definition) is 10. The van der Waals surface area contributed by atoms with Gasteiger partial charge in [0.15, 0.2) is 5.69 Å². The van der Waals surface area contributed by atoms with E-state index in [4.69, 9.17) is 4.74 Å². The molecule has 5 heterocycles. The number of likely N-dealkylation sites (N-methyl/N-ethyl adjacent to an activating group) is 1. The molecule has 1 aromatic carbocycles. The number of alkyl carbamates (subject to hydrolysis) is 1. The van der Waals surface area contributed by atoms with E-state index in [0.717, 1.165) is 25.1 Å². The highest BCUT2D eigenvalue weighted by Crippen LogP contribution is 2.35. The second-order valence-electron chi connectivity index (χ2n) is 13.8. The Morgan fingerprint density at radius 2 is 1.86 bits per heavy atom. The number of carbonyl (C=O) groups is 3. The average Bonchev–Trinajstić information content (AvgIpc) is 3.58. The summed E-state index contributed by atoms with van der Waals surface area (Å²) in [6, 6.07) is 8.56. The van der Waals surface area contributed by atoms with Crippen molar-refractivity contribution in [3.05, 3.63) is 72.5 Å². The first kappa shape index (κ1) is 34.3. The largest absolute Gasteiger partial charge is 0.465 e. The number of nitrogens with one attached hydrogen (secondary N) is 3. The molecule has 0 radical (unpaired) electrons. The molecule has 15 heteroatoms. The summed E-state index contributed by atoms with van der Waals surface area (Å²) in [7, 11) is 2.08. The van der Waals surface area contributed by atoms with Crippen molar-refractivity contribution in [1.82, 2.24) is 35.2 Å². The molecule has 4 aromatic rings. The van der Waals surface area contributed by atoms with Crippen LogP contribution in [0.5, 0.6) is 0 Å². The van der Waals surface area contributed by atoms with Gasteiger partial charge in [0, 0.05) is 44.0 Å². The van der Waals surface area contributed by atoms with Crippen LogP contribution >= 0.6 is 0 Å². The number of carboxylic acid groups (broad SMARTS) is 1. The number of carbonyl (C=O) groups excluding carboxylic acids is 2. The van der Waals surface area contributed by atoms with Crippen LogP contribution in [0.15, 0.2) is 61.2 Å². The highest BCUT2D eigenvalue weighted by molar-refractivity contribution is 6.11. The molecule has 15 nitrogen and oxygen atoms in total. The van der Waals surface area contributed by atoms with Crippen LogP contribution in [-0.2, 0) is 4.74 Å². The zero-order valence-electron chi connectivity index (χ0n) is 28.8. The number of benzene rings is 1. The third-order valence-corrected chi connectivity index (χ3v) is 8.81. The Balaban J connectivity index is 1.30. The number of anilines is 3. The van der Waals surface area contributed by atoms with Crippen molar-refractivity contribution in [3.63, 3.8) is 0 Å². The molecule has 0 unspecified atom stereocenters. The molecule has 0 aliphatic carbocycles. The van der Waals surface area contributed by atoms with E-state index >= 15 is 0 Å². The minimum absolute atomic E-state index is 0.0236. The van der Waals surface area contributed by atoms with E-state index in [1.807, 2.05) is 18.2 Å². The molecule has 3 aromatic heterocycles. The van der Waals surface area contributed by atoms with Crippen molar-refractivity contribution in [2.75, 3.05) is 48.8 Å². The number of aromatic nitrogens is 5. The predicted molar refractivity (Wildman–Crippen MR) is 189 cm³/mol. The van der Waals surface area contributed by atoms with E-state index in [1.165, 1.54) is 11.8 Å². The summed E-state index contributed by atoms with van der Waals surface area (Å²) < 4.78 is 7.33. The molecule has 6 rings (SSSR count). The number of ether oxygens (including phenoxy) is 1. The molecule has 2 aliphatic rings. The zero-order chi connectivity index (χ0) is 35.6. The van der Waals surface area contributed by atoms with Crippen LogP contribution < -0.4 is 20.9 Å². The molecule has 1 fully saturated rings. The minimum Gasteiger partial charge on any atom is -0.465 e. The van der Waals surface area contributed by atoms with Gasteiger partial charge in [0.05, 0.1) is 47.1 Å². The van der Waals surface area contributed by atoms with Gasteiger partial charge in [0.2, 0.25) is 0 Å². The Morgan fingerprint density at radius 1 is 1.04 bits per heavy atom. The second kappa shape index (κ2) is 14.1. The first-order chi connectivity index (χ1) is 23.8. The fraction of sp³-hybridized carbons (Fsp3) is 0.400. The van der Waals surface area contributed by atoms with Gasteiger partial charge in [-0.1, -0.05) is 30.3 Å². The number of rotatable bonds is 7. The van der Waals surface area contributed by atoms with Gasteiger partial charge >= 0.3 is 12.2 Å². The molecule has 262 valence electrons. The lowest BCUT2D eigenvalue weighted by Crippen LogP contribution is -2.57. The van der Waals surface area contributed by atoms with Crippen LogP contribution in [0.1, 0.15) is 56.2 Å². The molecule has 0 saturated carbocycles. The van der Waals surface area contributed by atoms with Crippen LogP contribution in [0.25, 0.3) is 16.5 Å². The third kappa shape index (κ3) is 7.83. The number of pyridine rings is 2. The lowest BCUT2D eigenvalue weighted by atomic mass is 9.89. The Kier molecular flexibility index (Phi) is 9.68. The molecule has 4 N–H and O–H groups in total. The number of fused-ring (bicyclic) bond motifs is 1. The summed E-state index contributed by atoms with van der Waals surface area (Å²) in [5.74, 6) is -0.632. The molecule has 3 atom stereocenters. The highest BCUT2D eigenvalue weighted by atomic mass is 16.6. The van der Waals surface area contributed by atoms with Crippen molar-refractivity contribution >= 4 is 51.6 Å². The standard InChI is InChI=1S/C35H42N10O5/c1-21-19-44(20-28(31(21)45-15-12-37-42-45)41-34(49)50-35(2,3)4)29-8-11-36-18-27(29)39-32(46)30-26(40-33(47)48)17-24-7-6-23(16-25(24)38-30)22-9-13-43(5)14-10-22/h6-9,11-12,15-18,21,28,31,40H,10,13-14,19-20H2,1-5H3,(H,39,46)(H,41,49)(H,47,48)/t21-,28+,31-/m0/s1. The topological polar surface area (TPSA) is 180 Å². The number of piperidine rings is 1. The predicted octanol–water partition coefficient (Wildman–Crippen LogP) is 4.87. The van der Waals surface area contributed by atoms with Gasteiger partial charge in [-0.2, -0.15) is 0 Å². The lowest BCUT2D eigenvalue weighted by molar-refractivity contribution is 0.0465. The van der Waals surface area contributed by atoms with Gasteiger partial charge < -0.3 is 30.3 Å². The summed E-state index contributed by atoms with van der Waals surface area (Å²) >= 11 is 0.